The second kappa shape index (κ2) is 7.66. The number of thiocarbonyl (C=S) groups is 1. The molecule has 7 heteroatoms. The highest BCUT2D eigenvalue weighted by Gasteiger charge is 2.30. The zero-order chi connectivity index (χ0) is 18.8. The van der Waals surface area contributed by atoms with Gasteiger partial charge in [0.05, 0.1) is 11.6 Å². The van der Waals surface area contributed by atoms with Crippen LogP contribution in [0, 0.1) is 6.92 Å². The summed E-state index contributed by atoms with van der Waals surface area (Å²) >= 11 is 17.4. The van der Waals surface area contributed by atoms with Crippen LogP contribution in [-0.4, -0.2) is 11.0 Å². The van der Waals surface area contributed by atoms with E-state index in [1.807, 2.05) is 38.1 Å². The van der Waals surface area contributed by atoms with Crippen LogP contribution in [0.2, 0.25) is 10.0 Å². The minimum atomic E-state index is -0.401. The Bertz CT molecular complexity index is 927. The Balaban J connectivity index is 1.98. The molecule has 0 saturated heterocycles. The average Bonchev–Trinajstić information content (AvgIpc) is 2.57. The Hall–Kier alpha value is -2.08. The van der Waals surface area contributed by atoms with E-state index in [1.165, 1.54) is 0 Å². The normalized spacial score (nSPS) is 16.8. The largest absolute Gasteiger partial charge is 0.351 e. The Labute approximate surface area is 167 Å². The van der Waals surface area contributed by atoms with Gasteiger partial charge >= 0.3 is 0 Å². The van der Waals surface area contributed by atoms with E-state index in [0.29, 0.717) is 32.1 Å². The summed E-state index contributed by atoms with van der Waals surface area (Å²) < 4.78 is 0. The van der Waals surface area contributed by atoms with E-state index in [2.05, 4.69) is 16.0 Å². The maximum atomic E-state index is 13.0. The highest BCUT2D eigenvalue weighted by molar-refractivity contribution is 7.80. The number of amides is 1. The van der Waals surface area contributed by atoms with Crippen LogP contribution in [0.1, 0.15) is 24.1 Å². The van der Waals surface area contributed by atoms with Crippen LogP contribution in [0.15, 0.2) is 53.7 Å². The topological polar surface area (TPSA) is 53.2 Å². The summed E-state index contributed by atoms with van der Waals surface area (Å²) in [6, 6.07) is 12.3. The van der Waals surface area contributed by atoms with Crippen molar-refractivity contribution in [2.75, 3.05) is 5.32 Å². The van der Waals surface area contributed by atoms with Crippen molar-refractivity contribution in [1.82, 2.24) is 10.6 Å². The van der Waals surface area contributed by atoms with E-state index in [9.17, 15) is 4.79 Å². The Morgan fingerprint density at radius 2 is 1.85 bits per heavy atom. The maximum Gasteiger partial charge on any atom is 0.255 e. The molecular weight excluding hydrogens is 389 g/mol. The van der Waals surface area contributed by atoms with Crippen molar-refractivity contribution in [3.8, 4) is 0 Å². The number of nitrogens with one attached hydrogen (secondary N) is 3. The zero-order valence-corrected chi connectivity index (χ0v) is 16.5. The number of hydrogen-bond acceptors (Lipinski definition) is 2. The fraction of sp³-hybridized carbons (Fsp3) is 0.158. The lowest BCUT2D eigenvalue weighted by atomic mass is 9.95. The Kier molecular flexibility index (Phi) is 5.51. The monoisotopic (exact) mass is 405 g/mol. The first kappa shape index (κ1) is 18.7. The van der Waals surface area contributed by atoms with Crippen molar-refractivity contribution >= 4 is 52.1 Å². The molecule has 0 unspecified atom stereocenters. The molecule has 3 N–H and O–H groups in total. The molecule has 2 aromatic carbocycles. The lowest BCUT2D eigenvalue weighted by molar-refractivity contribution is -0.113. The van der Waals surface area contributed by atoms with Crippen molar-refractivity contribution in [3.05, 3.63) is 74.9 Å². The summed E-state index contributed by atoms with van der Waals surface area (Å²) in [5.74, 6) is -0.236. The predicted molar refractivity (Wildman–Crippen MR) is 111 cm³/mol. The first-order valence-electron chi connectivity index (χ1n) is 7.96. The van der Waals surface area contributed by atoms with Gasteiger partial charge in [-0.3, -0.25) is 4.79 Å². The van der Waals surface area contributed by atoms with Gasteiger partial charge in [-0.25, -0.2) is 0 Å². The Morgan fingerprint density at radius 3 is 2.58 bits per heavy atom. The van der Waals surface area contributed by atoms with Gasteiger partial charge in [-0.1, -0.05) is 41.4 Å². The number of anilines is 1. The highest BCUT2D eigenvalue weighted by atomic mass is 35.5. The standard InChI is InChI=1S/C19H17Cl2N3OS/c1-10-6-7-14(21)9-15(10)23-18(25)16-11(2)22-19(26)24-17(16)12-4-3-5-13(20)8-12/h3-9,17H,1-2H3,(H,23,25)(H2,22,24,26)/t17-/m1/s1. The van der Waals surface area contributed by atoms with Gasteiger partial charge in [0.15, 0.2) is 5.11 Å². The summed E-state index contributed by atoms with van der Waals surface area (Å²) in [6.45, 7) is 3.73. The summed E-state index contributed by atoms with van der Waals surface area (Å²) in [7, 11) is 0. The second-order valence-electron chi connectivity index (χ2n) is 6.04. The molecular formula is C19H17Cl2N3OS. The molecule has 26 heavy (non-hydrogen) atoms. The van der Waals surface area contributed by atoms with Crippen molar-refractivity contribution in [2.45, 2.75) is 19.9 Å². The number of allylic oxidation sites excluding steroid dienone is 1. The SMILES string of the molecule is CC1=C(C(=O)Nc2cc(Cl)ccc2C)[C@@H](c2cccc(Cl)c2)NC(=S)N1. The van der Waals surface area contributed by atoms with E-state index in [1.54, 1.807) is 18.2 Å². The number of aryl methyl sites for hydroxylation is 1. The van der Waals surface area contributed by atoms with Gasteiger partial charge in [0.25, 0.3) is 5.91 Å². The molecule has 0 radical (unpaired) electrons. The third-order valence-electron chi connectivity index (χ3n) is 4.14. The molecule has 1 aliphatic rings. The molecule has 3 rings (SSSR count). The number of rotatable bonds is 3. The van der Waals surface area contributed by atoms with Gasteiger partial charge in [0.2, 0.25) is 0 Å². The first-order chi connectivity index (χ1) is 12.3. The van der Waals surface area contributed by atoms with E-state index >= 15 is 0 Å². The van der Waals surface area contributed by atoms with Crippen LogP contribution >= 0.6 is 35.4 Å². The van der Waals surface area contributed by atoms with Gasteiger partial charge in [-0.05, 0) is 61.5 Å². The minimum Gasteiger partial charge on any atom is -0.351 e. The van der Waals surface area contributed by atoms with E-state index in [4.69, 9.17) is 35.4 Å². The smallest absolute Gasteiger partial charge is 0.255 e. The molecule has 4 nitrogen and oxygen atoms in total. The fourth-order valence-electron chi connectivity index (χ4n) is 2.85. The molecule has 0 spiro atoms. The van der Waals surface area contributed by atoms with E-state index in [0.717, 1.165) is 11.1 Å². The van der Waals surface area contributed by atoms with Crippen molar-refractivity contribution in [2.24, 2.45) is 0 Å². The lowest BCUT2D eigenvalue weighted by Gasteiger charge is -2.30. The molecule has 1 atom stereocenters. The van der Waals surface area contributed by atoms with Crippen LogP contribution in [0.3, 0.4) is 0 Å². The number of carbonyl (C=O) groups is 1. The number of halogens is 2. The van der Waals surface area contributed by atoms with Crippen LogP contribution in [0.25, 0.3) is 0 Å². The molecule has 0 fully saturated rings. The molecule has 2 aromatic rings. The molecule has 0 saturated carbocycles. The van der Waals surface area contributed by atoms with Gasteiger partial charge in [-0.2, -0.15) is 0 Å². The van der Waals surface area contributed by atoms with Gasteiger partial charge in [0.1, 0.15) is 0 Å². The van der Waals surface area contributed by atoms with Crippen LogP contribution < -0.4 is 16.0 Å². The van der Waals surface area contributed by atoms with Gasteiger partial charge in [0, 0.05) is 21.4 Å². The molecule has 0 aromatic heterocycles. The molecule has 1 aliphatic heterocycles. The molecule has 0 bridgehead atoms. The second-order valence-corrected chi connectivity index (χ2v) is 7.32. The van der Waals surface area contributed by atoms with E-state index < -0.39 is 6.04 Å². The quantitative estimate of drug-likeness (QED) is 0.645. The number of benzene rings is 2. The van der Waals surface area contributed by atoms with Gasteiger partial charge < -0.3 is 16.0 Å². The summed E-state index contributed by atoms with van der Waals surface area (Å²) in [6.07, 6.45) is 0. The molecule has 1 amide bonds. The first-order valence-corrected chi connectivity index (χ1v) is 9.13. The maximum absolute atomic E-state index is 13.0. The highest BCUT2D eigenvalue weighted by Crippen LogP contribution is 2.30. The summed E-state index contributed by atoms with van der Waals surface area (Å²) in [5, 5.41) is 10.7. The zero-order valence-electron chi connectivity index (χ0n) is 14.2. The van der Waals surface area contributed by atoms with Crippen LogP contribution in [0.5, 0.6) is 0 Å². The number of hydrogen-bond donors (Lipinski definition) is 3. The van der Waals surface area contributed by atoms with Crippen LogP contribution in [-0.2, 0) is 4.79 Å². The molecule has 0 aliphatic carbocycles. The van der Waals surface area contributed by atoms with Crippen molar-refractivity contribution in [3.63, 3.8) is 0 Å². The summed E-state index contributed by atoms with van der Waals surface area (Å²) in [5.41, 5.74) is 3.68. The lowest BCUT2D eigenvalue weighted by Crippen LogP contribution is -2.45. The van der Waals surface area contributed by atoms with Crippen molar-refractivity contribution < 1.29 is 4.79 Å². The third-order valence-corrected chi connectivity index (χ3v) is 4.83. The van der Waals surface area contributed by atoms with Crippen LogP contribution in [0.4, 0.5) is 5.69 Å². The number of carbonyl (C=O) groups excluding carboxylic acids is 1. The fourth-order valence-corrected chi connectivity index (χ4v) is 3.49. The summed E-state index contributed by atoms with van der Waals surface area (Å²) in [4.78, 5) is 13.0. The average molecular weight is 406 g/mol. The predicted octanol–water partition coefficient (Wildman–Crippen LogP) is 4.73. The third kappa shape index (κ3) is 4.01. The van der Waals surface area contributed by atoms with Crippen molar-refractivity contribution in [1.29, 1.82) is 0 Å². The molecule has 1 heterocycles. The van der Waals surface area contributed by atoms with E-state index in [-0.39, 0.29) is 5.91 Å². The minimum absolute atomic E-state index is 0.236. The molecule has 134 valence electrons. The van der Waals surface area contributed by atoms with Gasteiger partial charge in [-0.15, -0.1) is 0 Å². The Morgan fingerprint density at radius 1 is 1.12 bits per heavy atom.